The molecule has 0 unspecified atom stereocenters. The lowest BCUT2D eigenvalue weighted by atomic mass is 10.2. The first kappa shape index (κ1) is 18.1. The van der Waals surface area contributed by atoms with Crippen molar-refractivity contribution in [2.45, 2.75) is 13.5 Å². The number of rotatable bonds is 6. The van der Waals surface area contributed by atoms with Crippen molar-refractivity contribution in [3.05, 3.63) is 77.2 Å². The Morgan fingerprint density at radius 2 is 1.89 bits per heavy atom. The topological polar surface area (TPSA) is 109 Å². The lowest BCUT2D eigenvalue weighted by Gasteiger charge is -2.07. The zero-order valence-electron chi connectivity index (χ0n) is 14.4. The van der Waals surface area contributed by atoms with E-state index in [0.717, 1.165) is 17.4 Å². The summed E-state index contributed by atoms with van der Waals surface area (Å²) in [6.07, 6.45) is 0. The van der Waals surface area contributed by atoms with Crippen molar-refractivity contribution in [3.63, 3.8) is 0 Å². The Labute approximate surface area is 154 Å². The Morgan fingerprint density at radius 3 is 2.59 bits per heavy atom. The lowest BCUT2D eigenvalue weighted by Crippen LogP contribution is -2.11. The van der Waals surface area contributed by atoms with Crippen LogP contribution < -0.4 is 10.1 Å². The molecule has 3 N–H and O–H groups in total. The van der Waals surface area contributed by atoms with Crippen LogP contribution in [0.3, 0.4) is 0 Å². The summed E-state index contributed by atoms with van der Waals surface area (Å²) in [4.78, 5) is 23.1. The van der Waals surface area contributed by atoms with Crippen LogP contribution in [0.4, 0.5) is 5.69 Å². The number of phenols is 1. The molecule has 1 amide bonds. The van der Waals surface area contributed by atoms with E-state index >= 15 is 0 Å². The zero-order valence-corrected chi connectivity index (χ0v) is 14.4. The first-order chi connectivity index (χ1) is 12.9. The number of benzene rings is 2. The Bertz CT molecular complexity index is 992. The predicted molar refractivity (Wildman–Crippen MR) is 97.2 cm³/mol. The van der Waals surface area contributed by atoms with Crippen molar-refractivity contribution < 1.29 is 29.0 Å². The quantitative estimate of drug-likeness (QED) is 0.611. The number of carbonyl (C=O) groups is 2. The van der Waals surface area contributed by atoms with Crippen LogP contribution in [0.2, 0.25) is 0 Å². The summed E-state index contributed by atoms with van der Waals surface area (Å²) in [5.41, 5.74) is 0.991. The van der Waals surface area contributed by atoms with Crippen molar-refractivity contribution in [2.75, 3.05) is 5.32 Å². The third kappa shape index (κ3) is 4.27. The van der Waals surface area contributed by atoms with E-state index in [9.17, 15) is 14.7 Å². The van der Waals surface area contributed by atoms with Gasteiger partial charge in [-0.1, -0.05) is 18.2 Å². The standard InChI is InChI=1S/C20H17NO6/c1-12-4-2-3-5-17(12)26-11-14-7-9-18(27-14)19(23)21-13-6-8-15(20(24)25)16(22)10-13/h2-10,22H,11H2,1H3,(H,21,23)(H,24,25). The van der Waals surface area contributed by atoms with Gasteiger partial charge in [0.1, 0.15) is 29.4 Å². The maximum absolute atomic E-state index is 12.2. The molecule has 0 aliphatic heterocycles. The molecular weight excluding hydrogens is 350 g/mol. The van der Waals surface area contributed by atoms with Crippen molar-refractivity contribution in [2.24, 2.45) is 0 Å². The summed E-state index contributed by atoms with van der Waals surface area (Å²) in [5.74, 6) is -0.942. The molecule has 1 aromatic heterocycles. The van der Waals surface area contributed by atoms with E-state index in [1.165, 1.54) is 18.2 Å². The van der Waals surface area contributed by atoms with Crippen LogP contribution >= 0.6 is 0 Å². The van der Waals surface area contributed by atoms with Gasteiger partial charge in [0.2, 0.25) is 0 Å². The van der Waals surface area contributed by atoms with Crippen LogP contribution in [-0.4, -0.2) is 22.1 Å². The molecule has 2 aromatic carbocycles. The van der Waals surface area contributed by atoms with E-state index in [1.54, 1.807) is 6.07 Å². The fraction of sp³-hybridized carbons (Fsp3) is 0.100. The number of aryl methyl sites for hydroxylation is 1. The molecule has 7 nitrogen and oxygen atoms in total. The molecule has 7 heteroatoms. The number of hydrogen-bond acceptors (Lipinski definition) is 5. The van der Waals surface area contributed by atoms with Crippen molar-refractivity contribution in [3.8, 4) is 11.5 Å². The number of hydrogen-bond donors (Lipinski definition) is 3. The van der Waals surface area contributed by atoms with Gasteiger partial charge in [-0.15, -0.1) is 0 Å². The predicted octanol–water partition coefficient (Wildman–Crippen LogP) is 3.82. The summed E-state index contributed by atoms with van der Waals surface area (Å²) in [6.45, 7) is 2.10. The van der Waals surface area contributed by atoms with E-state index in [1.807, 2.05) is 31.2 Å². The van der Waals surface area contributed by atoms with Crippen LogP contribution in [0.5, 0.6) is 11.5 Å². The number of carbonyl (C=O) groups excluding carboxylic acids is 1. The zero-order chi connectivity index (χ0) is 19.4. The number of aromatic carboxylic acids is 1. The lowest BCUT2D eigenvalue weighted by molar-refractivity contribution is 0.0693. The molecule has 0 radical (unpaired) electrons. The molecule has 3 rings (SSSR count). The molecule has 27 heavy (non-hydrogen) atoms. The van der Waals surface area contributed by atoms with E-state index in [4.69, 9.17) is 14.3 Å². The Kier molecular flexibility index (Phi) is 5.12. The number of aromatic hydroxyl groups is 1. The monoisotopic (exact) mass is 367 g/mol. The SMILES string of the molecule is Cc1ccccc1OCc1ccc(C(=O)Nc2ccc(C(=O)O)c(O)c2)o1. The smallest absolute Gasteiger partial charge is 0.339 e. The highest BCUT2D eigenvalue weighted by atomic mass is 16.5. The summed E-state index contributed by atoms with van der Waals surface area (Å²) in [6, 6.07) is 14.5. The molecule has 0 bridgehead atoms. The van der Waals surface area contributed by atoms with Gasteiger partial charge in [0.15, 0.2) is 5.76 Å². The number of ether oxygens (including phenoxy) is 1. The van der Waals surface area contributed by atoms with Crippen LogP contribution in [0, 0.1) is 6.92 Å². The highest BCUT2D eigenvalue weighted by molar-refractivity contribution is 6.02. The molecule has 0 aliphatic carbocycles. The van der Waals surface area contributed by atoms with Gasteiger partial charge in [-0.25, -0.2) is 4.79 Å². The van der Waals surface area contributed by atoms with Crippen molar-refractivity contribution in [1.82, 2.24) is 0 Å². The van der Waals surface area contributed by atoms with Gasteiger partial charge in [-0.05, 0) is 42.8 Å². The molecule has 3 aromatic rings. The second-order valence-corrected chi connectivity index (χ2v) is 5.81. The van der Waals surface area contributed by atoms with Gasteiger partial charge in [0.05, 0.1) is 0 Å². The van der Waals surface area contributed by atoms with Crippen LogP contribution in [-0.2, 0) is 6.61 Å². The molecule has 0 aliphatic rings. The minimum absolute atomic E-state index is 0.0696. The molecule has 0 atom stereocenters. The molecule has 0 saturated carbocycles. The second kappa shape index (κ2) is 7.65. The molecular formula is C20H17NO6. The van der Waals surface area contributed by atoms with Gasteiger partial charge in [0, 0.05) is 11.8 Å². The van der Waals surface area contributed by atoms with Gasteiger partial charge >= 0.3 is 5.97 Å². The third-order valence-electron chi connectivity index (χ3n) is 3.83. The molecule has 0 saturated heterocycles. The largest absolute Gasteiger partial charge is 0.507 e. The summed E-state index contributed by atoms with van der Waals surface area (Å²) < 4.78 is 11.1. The van der Waals surface area contributed by atoms with Gasteiger partial charge in [-0.2, -0.15) is 0 Å². The van der Waals surface area contributed by atoms with Gasteiger partial charge in [-0.3, -0.25) is 4.79 Å². The number of nitrogens with one attached hydrogen (secondary N) is 1. The van der Waals surface area contributed by atoms with Crippen molar-refractivity contribution >= 4 is 17.6 Å². The van der Waals surface area contributed by atoms with E-state index < -0.39 is 17.6 Å². The van der Waals surface area contributed by atoms with E-state index in [2.05, 4.69) is 5.32 Å². The Balaban J connectivity index is 1.64. The van der Waals surface area contributed by atoms with E-state index in [-0.39, 0.29) is 23.6 Å². The number of anilines is 1. The van der Waals surface area contributed by atoms with Crippen LogP contribution in [0.1, 0.15) is 32.2 Å². The van der Waals surface area contributed by atoms with Crippen molar-refractivity contribution in [1.29, 1.82) is 0 Å². The number of carboxylic acids is 1. The minimum atomic E-state index is -1.25. The average Bonchev–Trinajstić information content (AvgIpc) is 3.10. The minimum Gasteiger partial charge on any atom is -0.507 e. The number of amides is 1. The maximum Gasteiger partial charge on any atom is 0.339 e. The third-order valence-corrected chi connectivity index (χ3v) is 3.83. The molecule has 0 fully saturated rings. The van der Waals surface area contributed by atoms with Crippen LogP contribution in [0.25, 0.3) is 0 Å². The van der Waals surface area contributed by atoms with E-state index in [0.29, 0.717) is 5.76 Å². The summed E-state index contributed by atoms with van der Waals surface area (Å²) in [5, 5.41) is 21.1. The second-order valence-electron chi connectivity index (χ2n) is 5.81. The fourth-order valence-corrected chi connectivity index (χ4v) is 2.43. The molecule has 138 valence electrons. The normalized spacial score (nSPS) is 10.4. The summed E-state index contributed by atoms with van der Waals surface area (Å²) in [7, 11) is 0. The highest BCUT2D eigenvalue weighted by Crippen LogP contribution is 2.23. The number of carboxylic acid groups (broad SMARTS) is 1. The Morgan fingerprint density at radius 1 is 1.11 bits per heavy atom. The van der Waals surface area contributed by atoms with Gasteiger partial charge in [0.25, 0.3) is 5.91 Å². The fourth-order valence-electron chi connectivity index (χ4n) is 2.43. The summed E-state index contributed by atoms with van der Waals surface area (Å²) >= 11 is 0. The highest BCUT2D eigenvalue weighted by Gasteiger charge is 2.14. The molecule has 0 spiro atoms. The Hall–Kier alpha value is -3.74. The maximum atomic E-state index is 12.2. The average molecular weight is 367 g/mol. The first-order valence-corrected chi connectivity index (χ1v) is 8.09. The number of furan rings is 1. The van der Waals surface area contributed by atoms with Crippen LogP contribution in [0.15, 0.2) is 59.0 Å². The number of para-hydroxylation sites is 1. The first-order valence-electron chi connectivity index (χ1n) is 8.09. The van der Waals surface area contributed by atoms with Gasteiger partial charge < -0.3 is 24.7 Å². The molecule has 1 heterocycles.